The van der Waals surface area contributed by atoms with E-state index in [9.17, 15) is 72.9 Å². The Bertz CT molecular complexity index is 5150. The molecule has 0 aliphatic carbocycles. The highest BCUT2D eigenvalue weighted by molar-refractivity contribution is 8.00. The molecule has 6 heterocycles. The summed E-state index contributed by atoms with van der Waals surface area (Å²) in [6, 6.07) is -1.05. The van der Waals surface area contributed by atoms with Gasteiger partial charge in [-0.3, -0.25) is 86.3 Å². The van der Waals surface area contributed by atoms with Crippen molar-refractivity contribution in [3.8, 4) is 5.75 Å². The van der Waals surface area contributed by atoms with Gasteiger partial charge in [0.15, 0.2) is 5.78 Å². The number of carbonyl (C=O) groups is 18. The zero-order valence-corrected chi connectivity index (χ0v) is 75.5. The normalized spacial score (nSPS) is 25.1. The molecule has 0 bridgehead atoms. The summed E-state index contributed by atoms with van der Waals surface area (Å²) in [6.45, 7) is 4.27. The third kappa shape index (κ3) is 27.9. The predicted octanol–water partition coefficient (Wildman–Crippen LogP) is -0.330. The average Bonchev–Trinajstić information content (AvgIpc) is 1.20. The van der Waals surface area contributed by atoms with E-state index in [1.54, 1.807) is 60.9 Å². The molecule has 41 nitrogen and oxygen atoms in total. The van der Waals surface area contributed by atoms with Crippen LogP contribution >= 0.6 is 11.8 Å². The molecule has 3 aliphatic rings. The molecule has 15 amide bonds. The molecule has 3 aromatic carbocycles. The van der Waals surface area contributed by atoms with Crippen LogP contribution < -0.4 is 59.3 Å². The summed E-state index contributed by atoms with van der Waals surface area (Å²) >= 11 is 0.762. The Balaban J connectivity index is 1.09. The Morgan fingerprint density at radius 3 is 1.77 bits per heavy atom. The topological polar surface area (TPSA) is 605 Å². The number of ketones is 1. The summed E-state index contributed by atoms with van der Waals surface area (Å²) in [7, 11) is 3.89. The number of unbranched alkanes of at least 4 members (excludes halogenated alkanes) is 2. The number of aromatic hydroxyl groups is 1. The second-order valence-corrected chi connectivity index (χ2v) is 34.6. The van der Waals surface area contributed by atoms with Crippen LogP contribution in [0.3, 0.4) is 0 Å². The summed E-state index contributed by atoms with van der Waals surface area (Å²) < 4.78 is 16.3. The number of aromatic nitrogens is 4. The Morgan fingerprint density at radius 2 is 1.15 bits per heavy atom. The molecule has 3 aliphatic heterocycles. The summed E-state index contributed by atoms with van der Waals surface area (Å²) in [6.07, 6.45) is 0.290. The smallest absolute Gasteiger partial charge is 0.305 e. The molecule has 3 saturated heterocycles. The van der Waals surface area contributed by atoms with Crippen molar-refractivity contribution in [3.05, 3.63) is 120 Å². The van der Waals surface area contributed by atoms with Crippen LogP contribution in [0.25, 0.3) is 21.8 Å². The van der Waals surface area contributed by atoms with E-state index in [-0.39, 0.29) is 75.9 Å². The van der Waals surface area contributed by atoms with E-state index < -0.39 is 260 Å². The van der Waals surface area contributed by atoms with Crippen molar-refractivity contribution in [1.29, 1.82) is 0 Å². The number of aromatic amines is 3. The van der Waals surface area contributed by atoms with Crippen molar-refractivity contribution >= 4 is 140 Å². The number of likely N-dealkylation sites (N-methyl/N-ethyl adjacent to an activating group) is 3. The number of carboxylic acids is 2. The van der Waals surface area contributed by atoms with Crippen LogP contribution in [0.15, 0.2) is 97.7 Å². The van der Waals surface area contributed by atoms with Crippen LogP contribution in [0.5, 0.6) is 5.75 Å². The molecule has 714 valence electrons. The van der Waals surface area contributed by atoms with Crippen LogP contribution in [-0.2, 0) is 112 Å². The van der Waals surface area contributed by atoms with Gasteiger partial charge in [0.25, 0.3) is 0 Å². The molecule has 0 spiro atoms. The number of carbonyl (C=O) groups excluding carboxylic acids is 16. The first-order valence-corrected chi connectivity index (χ1v) is 45.2. The third-order valence-corrected chi connectivity index (χ3v) is 24.9. The van der Waals surface area contributed by atoms with Gasteiger partial charge in [0.05, 0.1) is 43.3 Å². The molecular weight excluding hydrogens is 1740 g/mol. The number of nitrogens with two attached hydrogens (primary N) is 2. The molecule has 0 unspecified atom stereocenters. The number of Topliss-reactive ketones (excluding diaryl/α,β-unsaturated/α-hetero) is 1. The SMILES string of the molecule is CCCC[C@H]1C(=O)N(C)[C@@H](CCCC)C(=O)N[C@@H](C)C(=O)N[C@H](C(=O)NCC(N)=O)CSCC(=O)N[C@@H](Cc2ccc(O)cc2)C(=O)N(C)[C@@H](C)C(=O)N[C@@H](CC(=O)O)C(=O)N2CCC[C@H]2C(=O)N[C@@H](Cc2c[nH]cn2)C(=O)N[C@@H](CCC(=O)O)C(=O)N2C[C@H](F)C[C@H]2C(=O)C[C@@H](Cc2c[nH]c3ccccc23)C(=O)N[C@@H](CCN)C(=O)N[C@@H](Cc2c[nH]c3ccccc23)C(=O)N1C. The van der Waals surface area contributed by atoms with Crippen molar-refractivity contribution in [3.63, 3.8) is 0 Å². The molecule has 9 rings (SSSR count). The van der Waals surface area contributed by atoms with E-state index in [2.05, 4.69) is 67.8 Å². The number of nitrogens with one attached hydrogen (secondary N) is 12. The number of hydrogen-bond donors (Lipinski definition) is 17. The number of para-hydroxylation sites is 2. The van der Waals surface area contributed by atoms with E-state index in [1.807, 2.05) is 13.8 Å². The van der Waals surface area contributed by atoms with Gasteiger partial charge >= 0.3 is 11.9 Å². The minimum Gasteiger partial charge on any atom is -0.508 e. The number of H-pyrrole nitrogens is 3. The minimum absolute atomic E-state index is 0.0195. The Morgan fingerprint density at radius 1 is 0.568 bits per heavy atom. The first-order valence-electron chi connectivity index (χ1n) is 44.0. The minimum atomic E-state index is -1.94. The Labute approximate surface area is 764 Å². The van der Waals surface area contributed by atoms with E-state index in [0.29, 0.717) is 64.2 Å². The van der Waals surface area contributed by atoms with Gasteiger partial charge in [-0.2, -0.15) is 0 Å². The number of carboxylic acid groups (broad SMARTS) is 2. The van der Waals surface area contributed by atoms with Crippen LogP contribution in [0.4, 0.5) is 4.39 Å². The number of thioether (sulfide) groups is 1. The number of nitrogens with zero attached hydrogens (tertiary/aromatic N) is 6. The first-order chi connectivity index (χ1) is 62.9. The molecule has 15 atom stereocenters. The average molecular weight is 1860 g/mol. The van der Waals surface area contributed by atoms with Gasteiger partial charge in [0, 0.05) is 118 Å². The lowest BCUT2D eigenvalue weighted by molar-refractivity contribution is -0.149. The fourth-order valence-electron chi connectivity index (χ4n) is 16.4. The van der Waals surface area contributed by atoms with Gasteiger partial charge in [-0.25, -0.2) is 9.37 Å². The fourth-order valence-corrected chi connectivity index (χ4v) is 17.3. The fraction of sp³-hybridized carbons (Fsp3) is 0.517. The highest BCUT2D eigenvalue weighted by Gasteiger charge is 2.47. The zero-order chi connectivity index (χ0) is 96.3. The van der Waals surface area contributed by atoms with Crippen LogP contribution in [0.2, 0.25) is 0 Å². The monoisotopic (exact) mass is 1850 g/mol. The molecular formula is C89H119FN20O21S. The van der Waals surface area contributed by atoms with Crippen molar-refractivity contribution < 1.29 is 106 Å². The zero-order valence-electron chi connectivity index (χ0n) is 74.7. The Hall–Kier alpha value is -13.4. The first kappa shape index (κ1) is 102. The molecule has 3 fully saturated rings. The summed E-state index contributed by atoms with van der Waals surface area (Å²) in [5, 5.41) is 55.0. The van der Waals surface area contributed by atoms with E-state index >= 15 is 33.2 Å². The molecule has 3 aromatic heterocycles. The highest BCUT2D eigenvalue weighted by Crippen LogP contribution is 2.31. The lowest BCUT2D eigenvalue weighted by Crippen LogP contribution is -2.60. The number of phenols is 1. The largest absolute Gasteiger partial charge is 0.508 e. The molecule has 132 heavy (non-hydrogen) atoms. The number of amides is 15. The van der Waals surface area contributed by atoms with Gasteiger partial charge in [0.1, 0.15) is 84.4 Å². The highest BCUT2D eigenvalue weighted by atomic mass is 32.2. The summed E-state index contributed by atoms with van der Waals surface area (Å²) in [5.41, 5.74) is 14.5. The molecule has 6 aromatic rings. The number of hydrogen-bond acceptors (Lipinski definition) is 22. The Kier molecular flexibility index (Phi) is 37.6. The van der Waals surface area contributed by atoms with Gasteiger partial charge < -0.3 is 114 Å². The van der Waals surface area contributed by atoms with Crippen LogP contribution in [-0.4, -0.2) is 310 Å². The van der Waals surface area contributed by atoms with Crippen molar-refractivity contribution in [2.75, 3.05) is 58.8 Å². The number of rotatable bonds is 24. The van der Waals surface area contributed by atoms with Crippen LogP contribution in [0.1, 0.15) is 140 Å². The van der Waals surface area contributed by atoms with E-state index in [4.69, 9.17) is 11.5 Å². The maximum atomic E-state index is 16.3. The maximum absolute atomic E-state index is 16.3. The van der Waals surface area contributed by atoms with E-state index in [0.717, 1.165) is 31.4 Å². The number of primary amides is 1. The number of fused-ring (bicyclic) bond motifs is 4. The maximum Gasteiger partial charge on any atom is 0.305 e. The molecule has 43 heteroatoms. The summed E-state index contributed by atoms with van der Waals surface area (Å²) in [5.74, 6) is -20.9. The number of alkyl halides is 1. The van der Waals surface area contributed by atoms with Gasteiger partial charge in [-0.15, -0.1) is 11.8 Å². The number of benzene rings is 3. The number of halogens is 1. The van der Waals surface area contributed by atoms with Crippen molar-refractivity contribution in [2.45, 2.75) is 228 Å². The number of aliphatic carboxylic acids is 2. The standard InChI is InChI=1S/C89H119FN20O21S/c1-8-10-21-68-83(125)98-48(3)77(119)105-67(80(122)96-43-73(92)113)45-132-46-74(114)99-64(33-50-24-26-56(111)27-25-50)85(127)106(5)49(4)78(120)103-66(39-76(117)118)88(130)109-32-16-23-69(109)84(126)102-63(38-55-42-93-47-97-55)82(124)101-62(28-29-75(115)116)87(129)110-44-54(90)37-71(110)72(112)36-51(34-52-40-94-59-19-14-12-17-57(52)59)79(121)100-61(30-31-91)81(123)104-65(35-53-41-95-60-20-15-13-18-58(53)60)86(128)108(7)70(22-11-9-2)89(131)107(68)6/h12-15,17-20,24-27,40-42,47-49,51,54,61-71,94-95,111H,8-11,16,21-23,28-39,43-46,91H2,1-7H3,(H2,92,113)(H,93,97)(H,96,122)(H,98,125)(H,99,114)(H,100,121)(H,101,124)(H,102,126)(H,103,120)(H,104,123)(H,105,119)(H,115,116)(H,117,118)/t48-,49-,51+,54+,61-,62-,63-,64-,65-,66-,67-,68-,69-,70-,71-/m0/s1. The number of phenolic OH excluding ortho intramolecular Hbond substituents is 1. The predicted molar refractivity (Wildman–Crippen MR) is 479 cm³/mol. The molecule has 0 saturated carbocycles. The quantitative estimate of drug-likeness (QED) is 0.0369. The van der Waals surface area contributed by atoms with Gasteiger partial charge in [-0.1, -0.05) is 88.1 Å². The number of imidazole rings is 1. The second-order valence-electron chi connectivity index (χ2n) is 33.5. The van der Waals surface area contributed by atoms with Gasteiger partial charge in [0.2, 0.25) is 88.6 Å². The van der Waals surface area contributed by atoms with E-state index in [1.165, 1.54) is 76.7 Å². The molecule has 19 N–H and O–H groups in total. The second kappa shape index (κ2) is 48.5. The van der Waals surface area contributed by atoms with Crippen molar-refractivity contribution in [1.82, 2.24) is 92.3 Å². The van der Waals surface area contributed by atoms with Gasteiger partial charge in [-0.05, 0) is 106 Å². The van der Waals surface area contributed by atoms with Crippen molar-refractivity contribution in [2.24, 2.45) is 17.4 Å². The lowest BCUT2D eigenvalue weighted by Gasteiger charge is -2.36. The third-order valence-electron chi connectivity index (χ3n) is 23.9. The van der Waals surface area contributed by atoms with Crippen LogP contribution in [0, 0.1) is 5.92 Å². The summed E-state index contributed by atoms with van der Waals surface area (Å²) in [4.78, 5) is 279. The lowest BCUT2D eigenvalue weighted by atomic mass is 9.90. The molecule has 0 radical (unpaired) electrons.